The first kappa shape index (κ1) is 20.0. The second-order valence-electron chi connectivity index (χ2n) is 5.36. The lowest BCUT2D eigenvalue weighted by atomic mass is 10.1. The molecule has 26 heavy (non-hydrogen) atoms. The molecule has 8 heteroatoms. The molecule has 2 rings (SSSR count). The quantitative estimate of drug-likeness (QED) is 0.716. The number of halogens is 3. The third-order valence-corrected chi connectivity index (χ3v) is 3.89. The van der Waals surface area contributed by atoms with Crippen LogP contribution in [0, 0.1) is 5.82 Å². The van der Waals surface area contributed by atoms with Gasteiger partial charge in [-0.1, -0.05) is 35.3 Å². The number of amides is 1. The summed E-state index contributed by atoms with van der Waals surface area (Å²) >= 11 is 11.9. The number of nitrogens with one attached hydrogen (secondary N) is 1. The Labute approximate surface area is 160 Å². The van der Waals surface area contributed by atoms with Gasteiger partial charge in [0.2, 0.25) is 0 Å². The van der Waals surface area contributed by atoms with E-state index in [-0.39, 0.29) is 5.75 Å². The first-order valence-electron chi connectivity index (χ1n) is 7.63. The van der Waals surface area contributed by atoms with Gasteiger partial charge in [0.25, 0.3) is 5.91 Å². The molecule has 0 aliphatic rings. The summed E-state index contributed by atoms with van der Waals surface area (Å²) in [5, 5.41) is 3.57. The Morgan fingerprint density at radius 3 is 2.62 bits per heavy atom. The molecule has 0 spiro atoms. The topological polar surface area (TPSA) is 64.6 Å². The normalized spacial score (nSPS) is 11.5. The fraction of sp³-hybridized carbons (Fsp3) is 0.222. The molecule has 0 saturated carbocycles. The molecule has 1 N–H and O–H groups in total. The van der Waals surface area contributed by atoms with E-state index in [0.29, 0.717) is 15.6 Å². The van der Waals surface area contributed by atoms with E-state index < -0.39 is 36.9 Å². The molecule has 0 aromatic heterocycles. The average Bonchev–Trinajstić information content (AvgIpc) is 2.58. The maximum Gasteiger partial charge on any atom is 0.344 e. The van der Waals surface area contributed by atoms with Gasteiger partial charge in [0.05, 0.1) is 6.04 Å². The largest absolute Gasteiger partial charge is 0.482 e. The third-order valence-electron chi connectivity index (χ3n) is 3.32. The summed E-state index contributed by atoms with van der Waals surface area (Å²) in [6.45, 7) is 0.831. The highest BCUT2D eigenvalue weighted by Crippen LogP contribution is 2.25. The summed E-state index contributed by atoms with van der Waals surface area (Å²) in [6.07, 6.45) is 0. The van der Waals surface area contributed by atoms with Crippen LogP contribution in [0.2, 0.25) is 10.0 Å². The number of hydrogen-bond acceptors (Lipinski definition) is 4. The van der Waals surface area contributed by atoms with Gasteiger partial charge in [-0.15, -0.1) is 0 Å². The SMILES string of the molecule is CC(NC(=O)COC(=O)COc1cccc(F)c1)c1ccc(Cl)cc1Cl. The lowest BCUT2D eigenvalue weighted by Crippen LogP contribution is -2.32. The molecule has 0 heterocycles. The Kier molecular flexibility index (Phi) is 7.24. The van der Waals surface area contributed by atoms with Gasteiger partial charge >= 0.3 is 5.97 Å². The van der Waals surface area contributed by atoms with Crippen molar-refractivity contribution in [2.75, 3.05) is 13.2 Å². The Morgan fingerprint density at radius 1 is 1.15 bits per heavy atom. The highest BCUT2D eigenvalue weighted by atomic mass is 35.5. The van der Waals surface area contributed by atoms with Gasteiger partial charge in [0.15, 0.2) is 13.2 Å². The summed E-state index contributed by atoms with van der Waals surface area (Å²) in [5.74, 6) is -1.54. The first-order valence-corrected chi connectivity index (χ1v) is 8.39. The van der Waals surface area contributed by atoms with Crippen LogP contribution >= 0.6 is 23.2 Å². The van der Waals surface area contributed by atoms with E-state index in [9.17, 15) is 14.0 Å². The van der Waals surface area contributed by atoms with Gasteiger partial charge in [0.1, 0.15) is 11.6 Å². The fourth-order valence-corrected chi connectivity index (χ4v) is 2.67. The molecule has 0 fully saturated rings. The van der Waals surface area contributed by atoms with Gasteiger partial charge in [-0.25, -0.2) is 9.18 Å². The number of carbonyl (C=O) groups excluding carboxylic acids is 2. The van der Waals surface area contributed by atoms with Crippen molar-refractivity contribution in [3.63, 3.8) is 0 Å². The predicted octanol–water partition coefficient (Wildman–Crippen LogP) is 3.93. The first-order chi connectivity index (χ1) is 12.3. The van der Waals surface area contributed by atoms with Crippen LogP contribution in [0.15, 0.2) is 42.5 Å². The summed E-state index contributed by atoms with van der Waals surface area (Å²) in [6, 6.07) is 9.89. The Hall–Kier alpha value is -2.31. The molecule has 0 saturated heterocycles. The summed E-state index contributed by atoms with van der Waals surface area (Å²) in [5.41, 5.74) is 0.685. The highest BCUT2D eigenvalue weighted by Gasteiger charge is 2.15. The number of benzene rings is 2. The lowest BCUT2D eigenvalue weighted by molar-refractivity contribution is -0.150. The van der Waals surface area contributed by atoms with E-state index in [2.05, 4.69) is 5.32 Å². The molecule has 1 unspecified atom stereocenters. The van der Waals surface area contributed by atoms with Crippen LogP contribution in [-0.2, 0) is 14.3 Å². The van der Waals surface area contributed by atoms with E-state index in [1.54, 1.807) is 25.1 Å². The van der Waals surface area contributed by atoms with Gasteiger partial charge in [0, 0.05) is 16.1 Å². The molecule has 0 aliphatic heterocycles. The summed E-state index contributed by atoms with van der Waals surface area (Å²) in [4.78, 5) is 23.5. The van der Waals surface area contributed by atoms with Crippen molar-refractivity contribution in [1.82, 2.24) is 5.32 Å². The van der Waals surface area contributed by atoms with Gasteiger partial charge < -0.3 is 14.8 Å². The van der Waals surface area contributed by atoms with Crippen LogP contribution in [-0.4, -0.2) is 25.1 Å². The van der Waals surface area contributed by atoms with E-state index in [1.165, 1.54) is 18.2 Å². The van der Waals surface area contributed by atoms with Crippen molar-refractivity contribution in [2.24, 2.45) is 0 Å². The van der Waals surface area contributed by atoms with E-state index in [1.807, 2.05) is 0 Å². The summed E-state index contributed by atoms with van der Waals surface area (Å²) in [7, 11) is 0. The van der Waals surface area contributed by atoms with Gasteiger partial charge in [-0.3, -0.25) is 4.79 Å². The number of rotatable bonds is 7. The number of carbonyl (C=O) groups is 2. The maximum atomic E-state index is 13.0. The third kappa shape index (κ3) is 6.20. The molecule has 5 nitrogen and oxygen atoms in total. The van der Waals surface area contributed by atoms with Crippen LogP contribution in [0.3, 0.4) is 0 Å². The molecule has 0 aliphatic carbocycles. The Balaban J connectivity index is 1.76. The number of esters is 1. The molecule has 2 aromatic carbocycles. The maximum absolute atomic E-state index is 13.0. The minimum absolute atomic E-state index is 0.192. The van der Waals surface area contributed by atoms with Crippen LogP contribution in [0.4, 0.5) is 4.39 Å². The van der Waals surface area contributed by atoms with Crippen LogP contribution < -0.4 is 10.1 Å². The van der Waals surface area contributed by atoms with E-state index in [0.717, 1.165) is 6.07 Å². The van der Waals surface area contributed by atoms with Crippen molar-refractivity contribution in [2.45, 2.75) is 13.0 Å². The number of hydrogen-bond donors (Lipinski definition) is 1. The van der Waals surface area contributed by atoms with Crippen molar-refractivity contribution in [3.8, 4) is 5.75 Å². The molecule has 138 valence electrons. The van der Waals surface area contributed by atoms with Crippen LogP contribution in [0.1, 0.15) is 18.5 Å². The molecular weight excluding hydrogens is 384 g/mol. The van der Waals surface area contributed by atoms with Crippen molar-refractivity contribution >= 4 is 35.1 Å². The number of ether oxygens (including phenoxy) is 2. The standard InChI is InChI=1S/C18H16Cl2FNO4/c1-11(15-6-5-12(19)7-16(15)20)22-17(23)9-26-18(24)10-25-14-4-2-3-13(21)8-14/h2-8,11H,9-10H2,1H3,(H,22,23). The molecule has 0 bridgehead atoms. The monoisotopic (exact) mass is 399 g/mol. The second-order valence-corrected chi connectivity index (χ2v) is 6.21. The van der Waals surface area contributed by atoms with Crippen LogP contribution in [0.25, 0.3) is 0 Å². The molecule has 1 amide bonds. The summed E-state index contributed by atoms with van der Waals surface area (Å²) < 4.78 is 22.9. The van der Waals surface area contributed by atoms with Crippen LogP contribution in [0.5, 0.6) is 5.75 Å². The minimum atomic E-state index is -0.749. The average molecular weight is 400 g/mol. The zero-order valence-electron chi connectivity index (χ0n) is 13.8. The van der Waals surface area contributed by atoms with Crippen molar-refractivity contribution in [3.05, 3.63) is 63.9 Å². The molecule has 2 aromatic rings. The van der Waals surface area contributed by atoms with E-state index >= 15 is 0 Å². The lowest BCUT2D eigenvalue weighted by Gasteiger charge is -2.16. The zero-order chi connectivity index (χ0) is 19.1. The second kappa shape index (κ2) is 9.40. The highest BCUT2D eigenvalue weighted by molar-refractivity contribution is 6.35. The van der Waals surface area contributed by atoms with Crippen molar-refractivity contribution in [1.29, 1.82) is 0 Å². The van der Waals surface area contributed by atoms with Crippen molar-refractivity contribution < 1.29 is 23.5 Å². The van der Waals surface area contributed by atoms with Gasteiger partial charge in [-0.05, 0) is 36.8 Å². The fourth-order valence-electron chi connectivity index (χ4n) is 2.10. The van der Waals surface area contributed by atoms with Gasteiger partial charge in [-0.2, -0.15) is 0 Å². The Bertz CT molecular complexity index is 801. The molecule has 0 radical (unpaired) electrons. The van der Waals surface area contributed by atoms with E-state index in [4.69, 9.17) is 32.7 Å². The molecule has 1 atom stereocenters. The zero-order valence-corrected chi connectivity index (χ0v) is 15.3. The predicted molar refractivity (Wildman–Crippen MR) is 95.9 cm³/mol. The minimum Gasteiger partial charge on any atom is -0.482 e. The molecular formula is C18H16Cl2FNO4. The Morgan fingerprint density at radius 2 is 1.92 bits per heavy atom. The smallest absolute Gasteiger partial charge is 0.344 e.